The molecule has 0 spiro atoms. The molecule has 0 bridgehead atoms. The van der Waals surface area contributed by atoms with Gasteiger partial charge < -0.3 is 5.32 Å². The van der Waals surface area contributed by atoms with Crippen LogP contribution in [0.1, 0.15) is 23.0 Å². The molecule has 2 aromatic rings. The van der Waals surface area contributed by atoms with Crippen LogP contribution in [0.25, 0.3) is 0 Å². The Balaban J connectivity index is 2.00. The van der Waals surface area contributed by atoms with Crippen molar-refractivity contribution in [3.05, 3.63) is 47.0 Å². The molecule has 1 amide bonds. The zero-order valence-electron chi connectivity index (χ0n) is 10.8. The molecule has 0 radical (unpaired) electrons. The van der Waals surface area contributed by atoms with Crippen molar-refractivity contribution in [1.82, 2.24) is 20.1 Å². The van der Waals surface area contributed by atoms with Crippen molar-refractivity contribution in [1.29, 1.82) is 0 Å². The Morgan fingerprint density at radius 2 is 2.32 bits per heavy atom. The summed E-state index contributed by atoms with van der Waals surface area (Å²) in [6.45, 7) is 4.35. The van der Waals surface area contributed by atoms with E-state index in [1.165, 1.54) is 0 Å². The fraction of sp³-hybridized carbons (Fsp3) is 0.308. The third-order valence-electron chi connectivity index (χ3n) is 2.58. The number of carbonyl (C=O) groups is 1. The van der Waals surface area contributed by atoms with Crippen LogP contribution in [-0.2, 0) is 6.54 Å². The van der Waals surface area contributed by atoms with Crippen LogP contribution in [0.15, 0.2) is 30.6 Å². The molecular formula is C13H15ClN4O. The van der Waals surface area contributed by atoms with Gasteiger partial charge in [0.05, 0.1) is 6.54 Å². The van der Waals surface area contributed by atoms with Crippen molar-refractivity contribution in [2.24, 2.45) is 0 Å². The van der Waals surface area contributed by atoms with Crippen molar-refractivity contribution in [2.45, 2.75) is 26.4 Å². The molecule has 1 unspecified atom stereocenters. The Bertz CT molecular complexity index is 548. The van der Waals surface area contributed by atoms with E-state index < -0.39 is 0 Å². The highest BCUT2D eigenvalue weighted by molar-refractivity contribution is 6.29. The molecule has 6 heteroatoms. The topological polar surface area (TPSA) is 59.8 Å². The van der Waals surface area contributed by atoms with Gasteiger partial charge in [0, 0.05) is 29.7 Å². The number of rotatable bonds is 4. The number of nitrogens with one attached hydrogen (secondary N) is 1. The Hall–Kier alpha value is -1.88. The second-order valence-corrected chi connectivity index (χ2v) is 4.81. The molecule has 0 fully saturated rings. The monoisotopic (exact) mass is 278 g/mol. The lowest BCUT2D eigenvalue weighted by Gasteiger charge is -2.14. The molecule has 0 saturated heterocycles. The smallest absolute Gasteiger partial charge is 0.251 e. The van der Waals surface area contributed by atoms with E-state index in [1.807, 2.05) is 19.2 Å². The van der Waals surface area contributed by atoms with Crippen LogP contribution in [0, 0.1) is 6.92 Å². The summed E-state index contributed by atoms with van der Waals surface area (Å²) in [5, 5.41) is 7.33. The third-order valence-corrected chi connectivity index (χ3v) is 2.78. The zero-order chi connectivity index (χ0) is 13.8. The summed E-state index contributed by atoms with van der Waals surface area (Å²) in [6.07, 6.45) is 3.57. The molecular weight excluding hydrogens is 264 g/mol. The molecule has 0 saturated carbocycles. The number of halogens is 1. The summed E-state index contributed by atoms with van der Waals surface area (Å²) in [6, 6.07) is 5.09. The van der Waals surface area contributed by atoms with Gasteiger partial charge in [0.2, 0.25) is 0 Å². The van der Waals surface area contributed by atoms with Gasteiger partial charge in [-0.25, -0.2) is 4.98 Å². The Kier molecular flexibility index (Phi) is 4.16. The number of pyridine rings is 1. The first-order valence-electron chi connectivity index (χ1n) is 5.97. The van der Waals surface area contributed by atoms with Gasteiger partial charge in [-0.2, -0.15) is 5.10 Å². The van der Waals surface area contributed by atoms with E-state index in [0.29, 0.717) is 17.3 Å². The molecule has 2 aromatic heterocycles. The summed E-state index contributed by atoms with van der Waals surface area (Å²) < 4.78 is 1.77. The van der Waals surface area contributed by atoms with Crippen LogP contribution in [0.2, 0.25) is 5.15 Å². The second kappa shape index (κ2) is 5.84. The summed E-state index contributed by atoms with van der Waals surface area (Å²) in [7, 11) is 0. The molecule has 2 heterocycles. The van der Waals surface area contributed by atoms with Crippen molar-refractivity contribution < 1.29 is 4.79 Å². The van der Waals surface area contributed by atoms with Gasteiger partial charge in [-0.05, 0) is 32.0 Å². The number of carbonyl (C=O) groups excluding carboxylic acids is 1. The number of hydrogen-bond donors (Lipinski definition) is 1. The Labute approximate surface area is 116 Å². The van der Waals surface area contributed by atoms with Gasteiger partial charge in [0.1, 0.15) is 5.15 Å². The third kappa shape index (κ3) is 3.79. The maximum atomic E-state index is 12.1. The highest BCUT2D eigenvalue weighted by Crippen LogP contribution is 2.10. The predicted octanol–water partition coefficient (Wildman–Crippen LogP) is 2.06. The maximum Gasteiger partial charge on any atom is 0.251 e. The molecule has 2 rings (SSSR count). The van der Waals surface area contributed by atoms with Crippen LogP contribution in [-0.4, -0.2) is 26.7 Å². The zero-order valence-corrected chi connectivity index (χ0v) is 11.6. The minimum atomic E-state index is -0.160. The molecule has 100 valence electrons. The molecule has 19 heavy (non-hydrogen) atoms. The summed E-state index contributed by atoms with van der Waals surface area (Å²) in [4.78, 5) is 16.1. The lowest BCUT2D eigenvalue weighted by Crippen LogP contribution is -2.35. The minimum Gasteiger partial charge on any atom is -0.348 e. The Morgan fingerprint density at radius 3 is 2.95 bits per heavy atom. The highest BCUT2D eigenvalue weighted by Gasteiger charge is 2.11. The van der Waals surface area contributed by atoms with Crippen LogP contribution in [0.3, 0.4) is 0 Å². The Morgan fingerprint density at radius 1 is 1.53 bits per heavy atom. The van der Waals surface area contributed by atoms with Crippen molar-refractivity contribution in [3.8, 4) is 0 Å². The summed E-state index contributed by atoms with van der Waals surface area (Å²) in [5.41, 5.74) is 1.24. The van der Waals surface area contributed by atoms with E-state index in [1.54, 1.807) is 29.9 Å². The number of hydrogen-bond acceptors (Lipinski definition) is 3. The molecule has 0 aliphatic heterocycles. The first-order chi connectivity index (χ1) is 9.04. The van der Waals surface area contributed by atoms with E-state index in [-0.39, 0.29) is 11.9 Å². The van der Waals surface area contributed by atoms with E-state index in [9.17, 15) is 4.79 Å². The van der Waals surface area contributed by atoms with E-state index in [4.69, 9.17) is 11.6 Å². The van der Waals surface area contributed by atoms with Gasteiger partial charge in [0.25, 0.3) is 5.91 Å². The van der Waals surface area contributed by atoms with E-state index >= 15 is 0 Å². The van der Waals surface area contributed by atoms with Gasteiger partial charge in [-0.15, -0.1) is 0 Å². The highest BCUT2D eigenvalue weighted by atomic mass is 35.5. The lowest BCUT2D eigenvalue weighted by atomic mass is 10.2. The summed E-state index contributed by atoms with van der Waals surface area (Å²) >= 11 is 5.84. The second-order valence-electron chi connectivity index (χ2n) is 4.42. The van der Waals surface area contributed by atoms with Gasteiger partial charge >= 0.3 is 0 Å². The quantitative estimate of drug-likeness (QED) is 0.871. The fourth-order valence-electron chi connectivity index (χ4n) is 1.80. The molecule has 1 N–H and O–H groups in total. The van der Waals surface area contributed by atoms with Gasteiger partial charge in [-0.1, -0.05) is 11.6 Å². The van der Waals surface area contributed by atoms with Crippen LogP contribution >= 0.6 is 11.6 Å². The summed E-state index contributed by atoms with van der Waals surface area (Å²) in [5.74, 6) is -0.160. The number of aryl methyl sites for hydroxylation is 1. The normalized spacial score (nSPS) is 12.2. The minimum absolute atomic E-state index is 0.0281. The largest absolute Gasteiger partial charge is 0.348 e. The lowest BCUT2D eigenvalue weighted by molar-refractivity contribution is 0.0936. The SMILES string of the molecule is Cc1cc(C(=O)NC(C)Cn2cccn2)cc(Cl)n1. The molecule has 0 aliphatic rings. The number of aromatic nitrogens is 3. The van der Waals surface area contributed by atoms with Gasteiger partial charge in [-0.3, -0.25) is 9.48 Å². The number of amides is 1. The van der Waals surface area contributed by atoms with Crippen LogP contribution in [0.4, 0.5) is 0 Å². The van der Waals surface area contributed by atoms with Crippen LogP contribution < -0.4 is 5.32 Å². The first-order valence-corrected chi connectivity index (χ1v) is 6.35. The molecule has 0 aliphatic carbocycles. The van der Waals surface area contributed by atoms with E-state index in [2.05, 4.69) is 15.4 Å². The maximum absolute atomic E-state index is 12.1. The number of nitrogens with zero attached hydrogens (tertiary/aromatic N) is 3. The van der Waals surface area contributed by atoms with Gasteiger partial charge in [0.15, 0.2) is 0 Å². The average molecular weight is 279 g/mol. The van der Waals surface area contributed by atoms with Crippen LogP contribution in [0.5, 0.6) is 0 Å². The fourth-order valence-corrected chi connectivity index (χ4v) is 2.05. The van der Waals surface area contributed by atoms with Crippen molar-refractivity contribution in [3.63, 3.8) is 0 Å². The predicted molar refractivity (Wildman–Crippen MR) is 73.1 cm³/mol. The van der Waals surface area contributed by atoms with Crippen molar-refractivity contribution >= 4 is 17.5 Å². The average Bonchev–Trinajstić information content (AvgIpc) is 2.80. The molecule has 0 aromatic carbocycles. The van der Waals surface area contributed by atoms with Crippen molar-refractivity contribution in [2.75, 3.05) is 0 Å². The van der Waals surface area contributed by atoms with E-state index in [0.717, 1.165) is 5.69 Å². The molecule has 1 atom stereocenters. The first kappa shape index (κ1) is 13.5. The standard InChI is InChI=1S/C13H15ClN4O/c1-9-6-11(7-12(14)16-9)13(19)17-10(2)8-18-5-3-4-15-18/h3-7,10H,8H2,1-2H3,(H,17,19). The molecule has 5 nitrogen and oxygen atoms in total.